The van der Waals surface area contributed by atoms with Gasteiger partial charge in [-0.05, 0) is 30.3 Å². The molecule has 1 amide bonds. The Morgan fingerprint density at radius 2 is 1.95 bits per heavy atom. The van der Waals surface area contributed by atoms with Gasteiger partial charge in [0.05, 0.1) is 11.3 Å². The van der Waals surface area contributed by atoms with Crippen molar-refractivity contribution < 1.29 is 13.6 Å². The van der Waals surface area contributed by atoms with Gasteiger partial charge in [0.1, 0.15) is 5.82 Å². The van der Waals surface area contributed by atoms with Crippen LogP contribution in [0, 0.1) is 5.82 Å². The first kappa shape index (κ1) is 13.9. The third kappa shape index (κ3) is 2.88. The molecule has 1 aliphatic heterocycles. The number of anilines is 1. The van der Waals surface area contributed by atoms with Crippen molar-refractivity contribution in [3.63, 3.8) is 0 Å². The van der Waals surface area contributed by atoms with Crippen LogP contribution in [0.15, 0.2) is 41.0 Å². The number of hydrogen-bond donors (Lipinski definition) is 0. The van der Waals surface area contributed by atoms with E-state index in [2.05, 4.69) is 4.90 Å². The lowest BCUT2D eigenvalue weighted by molar-refractivity contribution is 0.0714. The molecule has 6 heteroatoms. The Labute approximate surface area is 126 Å². The first-order chi connectivity index (χ1) is 10.1. The summed E-state index contributed by atoms with van der Waals surface area (Å²) in [7, 11) is 0. The van der Waals surface area contributed by atoms with Crippen molar-refractivity contribution in [3.8, 4) is 0 Å². The summed E-state index contributed by atoms with van der Waals surface area (Å²) < 4.78 is 18.3. The average Bonchev–Trinajstić information content (AvgIpc) is 3.04. The fraction of sp³-hybridized carbons (Fsp3) is 0.267. The Hall–Kier alpha value is -2.01. The number of nitrogens with zero attached hydrogens (tertiary/aromatic N) is 2. The molecule has 110 valence electrons. The van der Waals surface area contributed by atoms with Gasteiger partial charge in [-0.3, -0.25) is 4.79 Å². The van der Waals surface area contributed by atoms with E-state index in [1.54, 1.807) is 29.2 Å². The second-order valence-electron chi connectivity index (χ2n) is 4.85. The van der Waals surface area contributed by atoms with Gasteiger partial charge in [0.25, 0.3) is 5.91 Å². The van der Waals surface area contributed by atoms with Crippen molar-refractivity contribution in [1.29, 1.82) is 0 Å². The summed E-state index contributed by atoms with van der Waals surface area (Å²) in [4.78, 5) is 16.0. The summed E-state index contributed by atoms with van der Waals surface area (Å²) in [5.41, 5.74) is 0.867. The average molecular weight is 309 g/mol. The van der Waals surface area contributed by atoms with E-state index < -0.39 is 5.82 Å². The lowest BCUT2D eigenvalue weighted by Gasteiger charge is -2.35. The van der Waals surface area contributed by atoms with E-state index in [4.69, 9.17) is 16.0 Å². The van der Waals surface area contributed by atoms with Crippen LogP contribution in [0.4, 0.5) is 10.1 Å². The summed E-state index contributed by atoms with van der Waals surface area (Å²) in [6, 6.07) is 8.03. The quantitative estimate of drug-likeness (QED) is 0.855. The lowest BCUT2D eigenvalue weighted by Crippen LogP contribution is -2.48. The van der Waals surface area contributed by atoms with Gasteiger partial charge in [-0.1, -0.05) is 11.6 Å². The molecule has 0 saturated carbocycles. The van der Waals surface area contributed by atoms with Gasteiger partial charge >= 0.3 is 0 Å². The summed E-state index contributed by atoms with van der Waals surface area (Å²) in [5.74, 6) is -0.169. The molecule has 1 aromatic carbocycles. The van der Waals surface area contributed by atoms with E-state index >= 15 is 0 Å². The normalized spacial score (nSPS) is 15.3. The molecule has 1 aliphatic rings. The topological polar surface area (TPSA) is 36.7 Å². The van der Waals surface area contributed by atoms with Crippen molar-refractivity contribution in [2.45, 2.75) is 0 Å². The van der Waals surface area contributed by atoms with Crippen LogP contribution in [0.25, 0.3) is 0 Å². The number of benzene rings is 1. The lowest BCUT2D eigenvalue weighted by atomic mass is 10.2. The van der Waals surface area contributed by atoms with Crippen molar-refractivity contribution in [1.82, 2.24) is 4.90 Å². The molecule has 0 spiro atoms. The second-order valence-corrected chi connectivity index (χ2v) is 5.26. The Bertz CT molecular complexity index is 637. The van der Waals surface area contributed by atoms with Gasteiger partial charge in [0, 0.05) is 31.9 Å². The number of hydrogen-bond acceptors (Lipinski definition) is 3. The molecule has 3 rings (SSSR count). The summed E-state index contributed by atoms with van der Waals surface area (Å²) in [6.45, 7) is 2.53. The maximum Gasteiger partial charge on any atom is 0.289 e. The number of carbonyl (C=O) groups excluding carboxylic acids is 1. The van der Waals surface area contributed by atoms with Gasteiger partial charge in [0.2, 0.25) is 0 Å². The molecular weight excluding hydrogens is 295 g/mol. The number of amides is 1. The highest BCUT2D eigenvalue weighted by Gasteiger charge is 2.24. The van der Waals surface area contributed by atoms with Gasteiger partial charge < -0.3 is 14.2 Å². The fourth-order valence-electron chi connectivity index (χ4n) is 2.41. The number of halogens is 2. The van der Waals surface area contributed by atoms with Crippen molar-refractivity contribution in [2.75, 3.05) is 31.1 Å². The Balaban J connectivity index is 1.65. The van der Waals surface area contributed by atoms with E-state index in [0.29, 0.717) is 31.9 Å². The summed E-state index contributed by atoms with van der Waals surface area (Å²) in [6.07, 6.45) is 1.49. The van der Waals surface area contributed by atoms with E-state index in [1.807, 2.05) is 0 Å². The molecule has 1 fully saturated rings. The fourth-order valence-corrected chi connectivity index (χ4v) is 2.58. The zero-order chi connectivity index (χ0) is 14.8. The summed E-state index contributed by atoms with van der Waals surface area (Å²) >= 11 is 5.80. The molecular formula is C15H14ClFN2O2. The Morgan fingerprint density at radius 1 is 1.19 bits per heavy atom. The van der Waals surface area contributed by atoms with Crippen LogP contribution in [0.2, 0.25) is 5.02 Å². The van der Waals surface area contributed by atoms with Gasteiger partial charge in [-0.15, -0.1) is 0 Å². The Morgan fingerprint density at radius 3 is 2.57 bits per heavy atom. The predicted octanol–water partition coefficient (Wildman–Crippen LogP) is 3.03. The molecule has 0 unspecified atom stereocenters. The molecule has 0 bridgehead atoms. The third-order valence-corrected chi connectivity index (χ3v) is 3.86. The third-order valence-electron chi connectivity index (χ3n) is 3.57. The molecule has 0 atom stereocenters. The van der Waals surface area contributed by atoms with Crippen molar-refractivity contribution >= 4 is 23.2 Å². The molecule has 2 aromatic rings. The molecule has 2 heterocycles. The first-order valence-electron chi connectivity index (χ1n) is 6.68. The number of carbonyl (C=O) groups is 1. The molecule has 0 N–H and O–H groups in total. The largest absolute Gasteiger partial charge is 0.459 e. The van der Waals surface area contributed by atoms with Crippen LogP contribution in [-0.2, 0) is 0 Å². The van der Waals surface area contributed by atoms with Crippen molar-refractivity contribution in [3.05, 3.63) is 53.2 Å². The first-order valence-corrected chi connectivity index (χ1v) is 7.06. The number of furan rings is 1. The Kier molecular flexibility index (Phi) is 3.84. The van der Waals surface area contributed by atoms with Gasteiger partial charge in [0.15, 0.2) is 5.76 Å². The van der Waals surface area contributed by atoms with Crippen LogP contribution in [0.1, 0.15) is 10.6 Å². The van der Waals surface area contributed by atoms with E-state index in [-0.39, 0.29) is 10.9 Å². The van der Waals surface area contributed by atoms with Crippen LogP contribution >= 0.6 is 11.6 Å². The molecule has 0 radical (unpaired) electrons. The monoisotopic (exact) mass is 308 g/mol. The van der Waals surface area contributed by atoms with Gasteiger partial charge in [-0.25, -0.2) is 4.39 Å². The molecule has 0 aliphatic carbocycles. The molecule has 4 nitrogen and oxygen atoms in total. The minimum absolute atomic E-state index is 0.100. The summed E-state index contributed by atoms with van der Waals surface area (Å²) in [5, 5.41) is 0.113. The predicted molar refractivity (Wildman–Crippen MR) is 78.2 cm³/mol. The van der Waals surface area contributed by atoms with E-state index in [0.717, 1.165) is 5.69 Å². The SMILES string of the molecule is O=C(c1ccco1)N1CCN(c2ccc(F)c(Cl)c2)CC1. The maximum absolute atomic E-state index is 13.2. The minimum Gasteiger partial charge on any atom is -0.459 e. The molecule has 1 saturated heterocycles. The van der Waals surface area contributed by atoms with Crippen LogP contribution in [0.3, 0.4) is 0 Å². The van der Waals surface area contributed by atoms with E-state index in [1.165, 1.54) is 12.3 Å². The number of piperazine rings is 1. The van der Waals surface area contributed by atoms with Gasteiger partial charge in [-0.2, -0.15) is 0 Å². The van der Waals surface area contributed by atoms with Crippen LogP contribution in [-0.4, -0.2) is 37.0 Å². The smallest absolute Gasteiger partial charge is 0.289 e. The van der Waals surface area contributed by atoms with Crippen LogP contribution in [0.5, 0.6) is 0 Å². The van der Waals surface area contributed by atoms with E-state index in [9.17, 15) is 9.18 Å². The highest BCUT2D eigenvalue weighted by Crippen LogP contribution is 2.23. The molecule has 1 aromatic heterocycles. The second kappa shape index (κ2) is 5.77. The zero-order valence-corrected chi connectivity index (χ0v) is 12.0. The highest BCUT2D eigenvalue weighted by molar-refractivity contribution is 6.31. The standard InChI is InChI=1S/C15H14ClFN2O2/c16-12-10-11(3-4-13(12)17)18-5-7-19(8-6-18)15(20)14-2-1-9-21-14/h1-4,9-10H,5-8H2. The highest BCUT2D eigenvalue weighted by atomic mass is 35.5. The number of rotatable bonds is 2. The molecule has 21 heavy (non-hydrogen) atoms. The minimum atomic E-state index is -0.424. The maximum atomic E-state index is 13.2. The zero-order valence-electron chi connectivity index (χ0n) is 11.3. The van der Waals surface area contributed by atoms with Crippen LogP contribution < -0.4 is 4.90 Å². The van der Waals surface area contributed by atoms with Crippen molar-refractivity contribution in [2.24, 2.45) is 0 Å².